The summed E-state index contributed by atoms with van der Waals surface area (Å²) in [7, 11) is -2.30. The van der Waals surface area contributed by atoms with Crippen LogP contribution in [0.1, 0.15) is 5.69 Å². The monoisotopic (exact) mass is 489 g/mol. The lowest BCUT2D eigenvalue weighted by Crippen LogP contribution is -2.18. The molecule has 0 amide bonds. The van der Waals surface area contributed by atoms with Gasteiger partial charge in [-0.1, -0.05) is 11.6 Å². The Morgan fingerprint density at radius 3 is 2.58 bits per heavy atom. The van der Waals surface area contributed by atoms with Crippen LogP contribution in [0.25, 0.3) is 22.4 Å². The Morgan fingerprint density at radius 2 is 1.85 bits per heavy atom. The summed E-state index contributed by atoms with van der Waals surface area (Å²) in [5.74, 6) is 0.187. The summed E-state index contributed by atoms with van der Waals surface area (Å²) in [4.78, 5) is 8.62. The average Bonchev–Trinajstić information content (AvgIpc) is 3.16. The Bertz CT molecular complexity index is 1410. The largest absolute Gasteiger partial charge is 0.368 e. The third-order valence-corrected chi connectivity index (χ3v) is 6.47. The van der Waals surface area contributed by atoms with E-state index >= 15 is 0 Å². The van der Waals surface area contributed by atoms with E-state index < -0.39 is 20.7 Å². The minimum atomic E-state index is -4.16. The number of halogens is 2. The summed E-state index contributed by atoms with van der Waals surface area (Å²) in [6.45, 7) is 3.30. The number of sulfonamides is 1. The molecule has 0 fully saturated rings. The van der Waals surface area contributed by atoms with Crippen molar-refractivity contribution in [2.24, 2.45) is 0 Å². The number of aromatic amines is 1. The Hall–Kier alpha value is -3.28. The van der Waals surface area contributed by atoms with Gasteiger partial charge in [-0.25, -0.2) is 22.8 Å². The molecule has 0 saturated heterocycles. The molecular formula is C21H21ClFN7O2S. The molecule has 0 aliphatic rings. The predicted molar refractivity (Wildman–Crippen MR) is 126 cm³/mol. The molecule has 4 rings (SSSR count). The Kier molecular flexibility index (Phi) is 6.45. The number of rotatable bonds is 8. The number of hydrogen-bond acceptors (Lipinski definition) is 7. The van der Waals surface area contributed by atoms with Crippen molar-refractivity contribution in [2.45, 2.75) is 11.8 Å². The van der Waals surface area contributed by atoms with Crippen LogP contribution in [-0.4, -0.2) is 48.7 Å². The number of aryl methyl sites for hydroxylation is 1. The van der Waals surface area contributed by atoms with E-state index in [1.807, 2.05) is 14.0 Å². The molecule has 0 aliphatic carbocycles. The van der Waals surface area contributed by atoms with E-state index in [2.05, 4.69) is 35.5 Å². The first kappa shape index (κ1) is 22.9. The van der Waals surface area contributed by atoms with E-state index in [4.69, 9.17) is 11.6 Å². The molecule has 0 saturated carbocycles. The molecule has 0 aliphatic heterocycles. The van der Waals surface area contributed by atoms with Gasteiger partial charge in [-0.2, -0.15) is 5.10 Å². The van der Waals surface area contributed by atoms with Gasteiger partial charge >= 0.3 is 0 Å². The number of aromatic nitrogens is 4. The van der Waals surface area contributed by atoms with Crippen molar-refractivity contribution in [1.29, 1.82) is 0 Å². The summed E-state index contributed by atoms with van der Waals surface area (Å²) >= 11 is 5.82. The molecule has 2 aromatic heterocycles. The van der Waals surface area contributed by atoms with E-state index in [1.165, 1.54) is 6.07 Å². The number of benzene rings is 2. The third kappa shape index (κ3) is 4.90. The van der Waals surface area contributed by atoms with E-state index in [9.17, 15) is 12.8 Å². The van der Waals surface area contributed by atoms with Crippen molar-refractivity contribution < 1.29 is 12.8 Å². The fraction of sp³-hybridized carbons (Fsp3) is 0.190. The zero-order valence-electron chi connectivity index (χ0n) is 17.8. The van der Waals surface area contributed by atoms with Crippen molar-refractivity contribution in [3.05, 3.63) is 59.0 Å². The summed E-state index contributed by atoms with van der Waals surface area (Å²) in [5.41, 5.74) is 2.28. The van der Waals surface area contributed by atoms with Crippen LogP contribution in [0.15, 0.2) is 47.4 Å². The Labute approximate surface area is 194 Å². The van der Waals surface area contributed by atoms with Crippen LogP contribution in [0.5, 0.6) is 0 Å². The van der Waals surface area contributed by atoms with Crippen LogP contribution in [0.2, 0.25) is 5.02 Å². The van der Waals surface area contributed by atoms with Gasteiger partial charge < -0.3 is 10.6 Å². The molecule has 9 nitrogen and oxygen atoms in total. The number of anilines is 2. The lowest BCUT2D eigenvalue weighted by atomic mass is 10.2. The molecule has 0 radical (unpaired) electrons. The summed E-state index contributed by atoms with van der Waals surface area (Å²) in [6.07, 6.45) is 0. The second-order valence-electron chi connectivity index (χ2n) is 7.23. The lowest BCUT2D eigenvalue weighted by Gasteiger charge is -2.11. The molecular weight excluding hydrogens is 469 g/mol. The molecule has 0 bridgehead atoms. The molecule has 4 N–H and O–H groups in total. The number of nitrogens with one attached hydrogen (secondary N) is 4. The third-order valence-electron chi connectivity index (χ3n) is 4.84. The molecule has 12 heteroatoms. The fourth-order valence-corrected chi connectivity index (χ4v) is 4.61. The van der Waals surface area contributed by atoms with Crippen LogP contribution < -0.4 is 15.4 Å². The first-order valence-corrected chi connectivity index (χ1v) is 11.8. The summed E-state index contributed by atoms with van der Waals surface area (Å²) in [6, 6.07) is 9.79. The number of fused-ring (bicyclic) bond motifs is 1. The first-order valence-electron chi connectivity index (χ1n) is 9.98. The zero-order valence-corrected chi connectivity index (χ0v) is 19.4. The average molecular weight is 490 g/mol. The van der Waals surface area contributed by atoms with Gasteiger partial charge in [-0.05, 0) is 56.4 Å². The predicted octanol–water partition coefficient (Wildman–Crippen LogP) is 3.55. The second-order valence-corrected chi connectivity index (χ2v) is 9.32. The second kappa shape index (κ2) is 9.30. The van der Waals surface area contributed by atoms with Gasteiger partial charge in [0.05, 0.1) is 5.39 Å². The van der Waals surface area contributed by atoms with Gasteiger partial charge in [0, 0.05) is 35.1 Å². The van der Waals surface area contributed by atoms with Crippen molar-refractivity contribution in [3.63, 3.8) is 0 Å². The van der Waals surface area contributed by atoms with Crippen molar-refractivity contribution in [1.82, 2.24) is 25.5 Å². The van der Waals surface area contributed by atoms with Crippen LogP contribution in [0, 0.1) is 12.7 Å². The van der Waals surface area contributed by atoms with Gasteiger partial charge in [0.2, 0.25) is 0 Å². The first-order chi connectivity index (χ1) is 15.8. The summed E-state index contributed by atoms with van der Waals surface area (Å²) < 4.78 is 41.6. The number of H-pyrrole nitrogens is 1. The highest BCUT2D eigenvalue weighted by molar-refractivity contribution is 7.92. The van der Waals surface area contributed by atoms with E-state index in [-0.39, 0.29) is 10.7 Å². The lowest BCUT2D eigenvalue weighted by molar-refractivity contribution is 0.570. The highest BCUT2D eigenvalue weighted by atomic mass is 35.5. The Balaban J connectivity index is 1.62. The number of hydrogen-bond donors (Lipinski definition) is 4. The van der Waals surface area contributed by atoms with E-state index in [0.717, 1.165) is 29.8 Å². The zero-order chi connectivity index (χ0) is 23.6. The van der Waals surface area contributed by atoms with Crippen molar-refractivity contribution in [3.8, 4) is 11.4 Å². The minimum Gasteiger partial charge on any atom is -0.368 e. The molecule has 0 atom stereocenters. The normalized spacial score (nSPS) is 11.6. The maximum absolute atomic E-state index is 14.0. The Morgan fingerprint density at radius 1 is 1.09 bits per heavy atom. The van der Waals surface area contributed by atoms with Gasteiger partial charge in [0.15, 0.2) is 11.5 Å². The highest BCUT2D eigenvalue weighted by Gasteiger charge is 2.20. The molecule has 0 unspecified atom stereocenters. The van der Waals surface area contributed by atoms with Crippen LogP contribution in [0.3, 0.4) is 0 Å². The molecule has 0 spiro atoms. The maximum atomic E-state index is 14.0. The minimum absolute atomic E-state index is 0.118. The fourth-order valence-electron chi connectivity index (χ4n) is 3.21. The van der Waals surface area contributed by atoms with Gasteiger partial charge in [-0.3, -0.25) is 9.82 Å². The topological polar surface area (TPSA) is 125 Å². The maximum Gasteiger partial charge on any atom is 0.264 e. The summed E-state index contributed by atoms with van der Waals surface area (Å²) in [5, 5.41) is 14.4. The highest BCUT2D eigenvalue weighted by Crippen LogP contribution is 2.27. The molecule has 4 aromatic rings. The molecule has 33 heavy (non-hydrogen) atoms. The SMILES string of the molecule is CNCCNc1nc(-c2ccc(NS(=O)(=O)c3cc(Cl)ccc3F)cc2)nc2n[nH]c(C)c12. The van der Waals surface area contributed by atoms with Gasteiger partial charge in [0.1, 0.15) is 16.5 Å². The molecule has 2 aromatic carbocycles. The van der Waals surface area contributed by atoms with Crippen LogP contribution in [0.4, 0.5) is 15.9 Å². The number of likely N-dealkylation sites (N-methyl/N-ethyl adjacent to an activating group) is 1. The van der Waals surface area contributed by atoms with Crippen LogP contribution >= 0.6 is 11.6 Å². The van der Waals surface area contributed by atoms with Crippen molar-refractivity contribution >= 4 is 44.2 Å². The molecule has 172 valence electrons. The quantitative estimate of drug-likeness (QED) is 0.279. The molecule has 2 heterocycles. The van der Waals surface area contributed by atoms with Gasteiger partial charge in [-0.15, -0.1) is 0 Å². The van der Waals surface area contributed by atoms with Gasteiger partial charge in [0.25, 0.3) is 10.0 Å². The van der Waals surface area contributed by atoms with E-state index in [0.29, 0.717) is 29.4 Å². The standard InChI is InChI=1S/C21H21ClFN7O2S/c1-12-18-20(25-10-9-24-2)26-19(27-21(18)29-28-12)13-3-6-15(7-4-13)30-33(31,32)17-11-14(22)5-8-16(17)23/h3-8,11,24,30H,9-10H2,1-2H3,(H2,25,26,27,28,29). The smallest absolute Gasteiger partial charge is 0.264 e. The van der Waals surface area contributed by atoms with Crippen LogP contribution in [-0.2, 0) is 10.0 Å². The number of nitrogens with zero attached hydrogens (tertiary/aromatic N) is 3. The van der Waals surface area contributed by atoms with Crippen molar-refractivity contribution in [2.75, 3.05) is 30.2 Å². The van der Waals surface area contributed by atoms with E-state index in [1.54, 1.807) is 24.3 Å².